The van der Waals surface area contributed by atoms with Gasteiger partial charge in [0.1, 0.15) is 0 Å². The summed E-state index contributed by atoms with van der Waals surface area (Å²) < 4.78 is 5.58. The zero-order valence-corrected chi connectivity index (χ0v) is 14.9. The van der Waals surface area contributed by atoms with Gasteiger partial charge in [0.2, 0.25) is 0 Å². The minimum Gasteiger partial charge on any atom is -0.381 e. The first kappa shape index (κ1) is 18.2. The lowest BCUT2D eigenvalue weighted by Gasteiger charge is -2.13. The summed E-state index contributed by atoms with van der Waals surface area (Å²) in [5.74, 6) is 1.38. The summed E-state index contributed by atoms with van der Waals surface area (Å²) in [6.45, 7) is 7.44. The second-order valence-corrected chi connectivity index (χ2v) is 6.17. The van der Waals surface area contributed by atoms with Crippen LogP contribution in [-0.2, 0) is 11.3 Å². The van der Waals surface area contributed by atoms with Crippen molar-refractivity contribution in [2.75, 3.05) is 26.8 Å². The van der Waals surface area contributed by atoms with Crippen molar-refractivity contribution < 1.29 is 4.74 Å². The van der Waals surface area contributed by atoms with Crippen molar-refractivity contribution in [3.05, 3.63) is 42.1 Å². The molecule has 0 amide bonds. The smallest absolute Gasteiger partial charge is 0.191 e. The zero-order valence-electron chi connectivity index (χ0n) is 14.9. The minimum absolute atomic E-state index is 0.585. The molecule has 0 fully saturated rings. The van der Waals surface area contributed by atoms with Crippen LogP contribution in [0.5, 0.6) is 0 Å². The number of hydrogen-bond donors (Lipinski definition) is 2. The van der Waals surface area contributed by atoms with Crippen molar-refractivity contribution in [1.29, 1.82) is 0 Å². The van der Waals surface area contributed by atoms with Gasteiger partial charge in [-0.25, -0.2) is 0 Å². The molecule has 0 spiro atoms. The molecule has 0 unspecified atom stereocenters. The van der Waals surface area contributed by atoms with Crippen LogP contribution in [0.2, 0.25) is 0 Å². The second kappa shape index (κ2) is 9.88. The van der Waals surface area contributed by atoms with Crippen LogP contribution in [0.4, 0.5) is 0 Å². The SMILES string of the molecule is CN=C(NCCCOCC(C)C)NCc1cccc2cccnc12. The van der Waals surface area contributed by atoms with Crippen LogP contribution in [0, 0.1) is 5.92 Å². The van der Waals surface area contributed by atoms with E-state index >= 15 is 0 Å². The van der Waals surface area contributed by atoms with Gasteiger partial charge in [-0.3, -0.25) is 9.98 Å². The third kappa shape index (κ3) is 5.81. The van der Waals surface area contributed by atoms with Crippen molar-refractivity contribution in [3.63, 3.8) is 0 Å². The van der Waals surface area contributed by atoms with E-state index in [9.17, 15) is 0 Å². The normalized spacial score (nSPS) is 11.9. The molecule has 2 rings (SSSR count). The maximum Gasteiger partial charge on any atom is 0.191 e. The van der Waals surface area contributed by atoms with E-state index in [1.807, 2.05) is 12.3 Å². The molecular formula is C19H28N4O. The highest BCUT2D eigenvalue weighted by Crippen LogP contribution is 2.15. The number of rotatable bonds is 8. The lowest BCUT2D eigenvalue weighted by molar-refractivity contribution is 0.108. The van der Waals surface area contributed by atoms with Crippen molar-refractivity contribution in [1.82, 2.24) is 15.6 Å². The predicted octanol–water partition coefficient (Wildman–Crippen LogP) is 2.96. The molecule has 0 aliphatic carbocycles. The summed E-state index contributed by atoms with van der Waals surface area (Å²) in [6, 6.07) is 10.3. The molecular weight excluding hydrogens is 300 g/mol. The van der Waals surface area contributed by atoms with Crippen LogP contribution in [-0.4, -0.2) is 37.7 Å². The summed E-state index contributed by atoms with van der Waals surface area (Å²) in [6.07, 6.45) is 2.79. The number of benzene rings is 1. The molecule has 0 bridgehead atoms. The topological polar surface area (TPSA) is 58.5 Å². The Bertz CT molecular complexity index is 649. The monoisotopic (exact) mass is 328 g/mol. The van der Waals surface area contributed by atoms with Crippen LogP contribution in [0.15, 0.2) is 41.5 Å². The Labute approximate surface area is 144 Å². The van der Waals surface area contributed by atoms with E-state index in [0.29, 0.717) is 12.5 Å². The van der Waals surface area contributed by atoms with Crippen LogP contribution in [0.3, 0.4) is 0 Å². The van der Waals surface area contributed by atoms with Gasteiger partial charge in [0, 0.05) is 44.9 Å². The van der Waals surface area contributed by atoms with Crippen LogP contribution < -0.4 is 10.6 Å². The van der Waals surface area contributed by atoms with E-state index in [2.05, 4.69) is 58.7 Å². The van der Waals surface area contributed by atoms with Crippen LogP contribution >= 0.6 is 0 Å². The fourth-order valence-electron chi connectivity index (χ4n) is 2.41. The number of pyridine rings is 1. The summed E-state index contributed by atoms with van der Waals surface area (Å²) in [7, 11) is 1.78. The number of hydrogen-bond acceptors (Lipinski definition) is 3. The maximum atomic E-state index is 5.58. The van der Waals surface area contributed by atoms with Gasteiger partial charge in [-0.15, -0.1) is 0 Å². The van der Waals surface area contributed by atoms with E-state index in [1.165, 1.54) is 0 Å². The highest BCUT2D eigenvalue weighted by Gasteiger charge is 2.03. The van der Waals surface area contributed by atoms with Crippen molar-refractivity contribution >= 4 is 16.9 Å². The highest BCUT2D eigenvalue weighted by atomic mass is 16.5. The lowest BCUT2D eigenvalue weighted by Crippen LogP contribution is -2.37. The van der Waals surface area contributed by atoms with E-state index in [-0.39, 0.29) is 0 Å². The first-order chi connectivity index (χ1) is 11.7. The fourth-order valence-corrected chi connectivity index (χ4v) is 2.41. The first-order valence-electron chi connectivity index (χ1n) is 8.55. The molecule has 0 aliphatic heterocycles. The van der Waals surface area contributed by atoms with Crippen molar-refractivity contribution in [3.8, 4) is 0 Å². The average molecular weight is 328 g/mol. The third-order valence-corrected chi connectivity index (χ3v) is 3.60. The number of aromatic nitrogens is 1. The zero-order chi connectivity index (χ0) is 17.2. The number of nitrogens with one attached hydrogen (secondary N) is 2. The van der Waals surface area contributed by atoms with Gasteiger partial charge in [-0.1, -0.05) is 38.1 Å². The molecule has 130 valence electrons. The van der Waals surface area contributed by atoms with Gasteiger partial charge in [-0.05, 0) is 24.0 Å². The van der Waals surface area contributed by atoms with Gasteiger partial charge in [0.05, 0.1) is 5.52 Å². The minimum atomic E-state index is 0.585. The molecule has 0 radical (unpaired) electrons. The molecule has 1 heterocycles. The Morgan fingerprint density at radius 3 is 2.83 bits per heavy atom. The number of para-hydroxylation sites is 1. The molecule has 0 atom stereocenters. The molecule has 0 saturated heterocycles. The third-order valence-electron chi connectivity index (χ3n) is 3.60. The van der Waals surface area contributed by atoms with Gasteiger partial charge < -0.3 is 15.4 Å². The second-order valence-electron chi connectivity index (χ2n) is 6.17. The molecule has 2 N–H and O–H groups in total. The number of ether oxygens (including phenoxy) is 1. The first-order valence-corrected chi connectivity index (χ1v) is 8.55. The van der Waals surface area contributed by atoms with Gasteiger partial charge in [0.25, 0.3) is 0 Å². The highest BCUT2D eigenvalue weighted by molar-refractivity contribution is 5.83. The maximum absolute atomic E-state index is 5.58. The summed E-state index contributed by atoms with van der Waals surface area (Å²) in [5.41, 5.74) is 2.20. The molecule has 5 nitrogen and oxygen atoms in total. The van der Waals surface area contributed by atoms with Crippen LogP contribution in [0.1, 0.15) is 25.8 Å². The Balaban J connectivity index is 1.77. The molecule has 1 aromatic carbocycles. The quantitative estimate of drug-likeness (QED) is 0.444. The number of aliphatic imine (C=N–C) groups is 1. The standard InChI is InChI=1S/C19H28N4O/c1-15(2)14-24-12-6-11-22-19(20-3)23-13-17-8-4-7-16-9-5-10-21-18(16)17/h4-5,7-10,15H,6,11-14H2,1-3H3,(H2,20,22,23). The molecule has 0 aliphatic rings. The van der Waals surface area contributed by atoms with E-state index in [0.717, 1.165) is 48.6 Å². The number of guanidine groups is 1. The summed E-state index contributed by atoms with van der Waals surface area (Å²) >= 11 is 0. The van der Waals surface area contributed by atoms with E-state index in [4.69, 9.17) is 4.74 Å². The summed E-state index contributed by atoms with van der Waals surface area (Å²) in [4.78, 5) is 8.74. The largest absolute Gasteiger partial charge is 0.381 e. The van der Waals surface area contributed by atoms with Crippen molar-refractivity contribution in [2.24, 2.45) is 10.9 Å². The fraction of sp³-hybridized carbons (Fsp3) is 0.474. The Morgan fingerprint density at radius 2 is 2.04 bits per heavy atom. The Hall–Kier alpha value is -2.14. The van der Waals surface area contributed by atoms with Crippen molar-refractivity contribution in [2.45, 2.75) is 26.8 Å². The van der Waals surface area contributed by atoms with Gasteiger partial charge >= 0.3 is 0 Å². The van der Waals surface area contributed by atoms with Crippen LogP contribution in [0.25, 0.3) is 10.9 Å². The Morgan fingerprint density at radius 1 is 1.21 bits per heavy atom. The predicted molar refractivity (Wildman–Crippen MR) is 100 cm³/mol. The lowest BCUT2D eigenvalue weighted by atomic mass is 10.1. The molecule has 2 aromatic rings. The molecule has 24 heavy (non-hydrogen) atoms. The average Bonchev–Trinajstić information content (AvgIpc) is 2.60. The van der Waals surface area contributed by atoms with E-state index in [1.54, 1.807) is 7.05 Å². The molecule has 0 saturated carbocycles. The number of fused-ring (bicyclic) bond motifs is 1. The molecule has 1 aromatic heterocycles. The van der Waals surface area contributed by atoms with Gasteiger partial charge in [-0.2, -0.15) is 0 Å². The molecule has 5 heteroatoms. The van der Waals surface area contributed by atoms with E-state index < -0.39 is 0 Å². The Kier molecular flexibility index (Phi) is 7.49. The van der Waals surface area contributed by atoms with Gasteiger partial charge in [0.15, 0.2) is 5.96 Å². The summed E-state index contributed by atoms with van der Waals surface area (Å²) in [5, 5.41) is 7.81. The number of nitrogens with zero attached hydrogens (tertiary/aromatic N) is 2.